The Hall–Kier alpha value is -2.48. The van der Waals surface area contributed by atoms with Gasteiger partial charge in [0, 0.05) is 10.8 Å². The smallest absolute Gasteiger partial charge is 0.118 e. The number of phenolic OH excluding ortho intramolecular Hbond substituents is 1. The lowest BCUT2D eigenvalue weighted by Gasteiger charge is -2.29. The first kappa shape index (κ1) is 21.2. The fourth-order valence-electron chi connectivity index (χ4n) is 4.32. The number of ether oxygens (including phenoxy) is 1. The van der Waals surface area contributed by atoms with E-state index < -0.39 is 0 Å². The number of benzene rings is 2. The van der Waals surface area contributed by atoms with Crippen LogP contribution >= 0.6 is 0 Å². The van der Waals surface area contributed by atoms with Crippen LogP contribution in [-0.2, 0) is 10.8 Å². The third-order valence-corrected chi connectivity index (χ3v) is 6.38. The van der Waals surface area contributed by atoms with Crippen molar-refractivity contribution in [2.75, 3.05) is 7.11 Å². The highest BCUT2D eigenvalue weighted by atomic mass is 16.5. The third-order valence-electron chi connectivity index (χ3n) is 6.38. The minimum atomic E-state index is 0.173. The van der Waals surface area contributed by atoms with Gasteiger partial charge in [-0.15, -0.1) is 0 Å². The number of allylic oxidation sites excluding steroid dienone is 4. The van der Waals surface area contributed by atoms with E-state index in [1.807, 2.05) is 24.3 Å². The fraction of sp³-hybridized carbons (Fsp3) is 0.407. The summed E-state index contributed by atoms with van der Waals surface area (Å²) in [5, 5.41) is 9.22. The zero-order valence-electron chi connectivity index (χ0n) is 18.0. The number of hydrogen-bond acceptors (Lipinski definition) is 2. The molecule has 0 fully saturated rings. The van der Waals surface area contributed by atoms with E-state index in [4.69, 9.17) is 4.74 Å². The van der Waals surface area contributed by atoms with Crippen molar-refractivity contribution in [1.29, 1.82) is 0 Å². The monoisotopic (exact) mass is 390 g/mol. The van der Waals surface area contributed by atoms with E-state index in [0.717, 1.165) is 5.75 Å². The Labute approximate surface area is 175 Å². The summed E-state index contributed by atoms with van der Waals surface area (Å²) in [6, 6.07) is 16.0. The molecule has 2 aliphatic carbocycles. The highest BCUT2D eigenvalue weighted by Crippen LogP contribution is 2.36. The van der Waals surface area contributed by atoms with Gasteiger partial charge in [0.05, 0.1) is 7.11 Å². The van der Waals surface area contributed by atoms with E-state index in [9.17, 15) is 5.11 Å². The summed E-state index contributed by atoms with van der Waals surface area (Å²) >= 11 is 0. The molecule has 0 radical (unpaired) electrons. The summed E-state index contributed by atoms with van der Waals surface area (Å²) in [6.45, 7) is 4.57. The first-order valence-corrected chi connectivity index (χ1v) is 10.7. The van der Waals surface area contributed by atoms with Crippen LogP contribution in [0.15, 0.2) is 72.8 Å². The Morgan fingerprint density at radius 1 is 0.724 bits per heavy atom. The lowest BCUT2D eigenvalue weighted by molar-refractivity contribution is 0.414. The molecule has 29 heavy (non-hydrogen) atoms. The van der Waals surface area contributed by atoms with E-state index in [2.05, 4.69) is 50.3 Å². The Morgan fingerprint density at radius 2 is 1.17 bits per heavy atom. The molecule has 2 nitrogen and oxygen atoms in total. The standard InChI is InChI=1S/C14H18O.C13H16O/c1-14(10-4-3-5-11-14)12-6-8-13(15-2)9-7-12;1-13(9-3-2-4-10-13)11-5-7-12(14)8-6-11/h4,6-10H,3,5,11H2,1-2H3;3,5-9,14H,2,4,10H2,1H3. The van der Waals surface area contributed by atoms with Crippen LogP contribution in [0.1, 0.15) is 63.5 Å². The van der Waals surface area contributed by atoms with Crippen LogP contribution in [0, 0.1) is 0 Å². The van der Waals surface area contributed by atoms with Crippen LogP contribution in [0.5, 0.6) is 11.5 Å². The maximum atomic E-state index is 9.22. The molecule has 0 aliphatic heterocycles. The Bertz CT molecular complexity index is 832. The molecular formula is C27H34O2. The Balaban J connectivity index is 0.000000166. The zero-order chi connectivity index (χ0) is 20.7. The highest BCUT2D eigenvalue weighted by Gasteiger charge is 2.25. The molecule has 154 valence electrons. The van der Waals surface area contributed by atoms with Crippen molar-refractivity contribution < 1.29 is 9.84 Å². The van der Waals surface area contributed by atoms with E-state index in [1.165, 1.54) is 49.7 Å². The molecule has 0 saturated carbocycles. The second-order valence-corrected chi connectivity index (χ2v) is 8.70. The van der Waals surface area contributed by atoms with Gasteiger partial charge in [-0.25, -0.2) is 0 Å². The van der Waals surface area contributed by atoms with Crippen LogP contribution in [0.25, 0.3) is 0 Å². The molecule has 2 atom stereocenters. The van der Waals surface area contributed by atoms with Gasteiger partial charge in [0.15, 0.2) is 0 Å². The quantitative estimate of drug-likeness (QED) is 0.567. The lowest BCUT2D eigenvalue weighted by atomic mass is 9.75. The fourth-order valence-corrected chi connectivity index (χ4v) is 4.32. The molecule has 2 aliphatic rings. The average molecular weight is 391 g/mol. The summed E-state index contributed by atoms with van der Waals surface area (Å²) < 4.78 is 5.17. The van der Waals surface area contributed by atoms with E-state index in [-0.39, 0.29) is 10.8 Å². The third kappa shape index (κ3) is 5.32. The Kier molecular flexibility index (Phi) is 6.84. The highest BCUT2D eigenvalue weighted by molar-refractivity contribution is 5.36. The van der Waals surface area contributed by atoms with Crippen LogP contribution in [0.2, 0.25) is 0 Å². The van der Waals surface area contributed by atoms with E-state index in [1.54, 1.807) is 19.2 Å². The molecular weight excluding hydrogens is 356 g/mol. The minimum absolute atomic E-state index is 0.173. The molecule has 0 aromatic heterocycles. The van der Waals surface area contributed by atoms with Crippen molar-refractivity contribution in [3.8, 4) is 11.5 Å². The summed E-state index contributed by atoms with van der Waals surface area (Å²) in [4.78, 5) is 0. The number of methoxy groups -OCH3 is 1. The van der Waals surface area contributed by atoms with Crippen molar-refractivity contribution in [2.24, 2.45) is 0 Å². The van der Waals surface area contributed by atoms with Crippen molar-refractivity contribution in [2.45, 2.75) is 63.2 Å². The normalized spacial score (nSPS) is 25.8. The van der Waals surface area contributed by atoms with E-state index >= 15 is 0 Å². The lowest BCUT2D eigenvalue weighted by Crippen LogP contribution is -2.20. The van der Waals surface area contributed by atoms with Gasteiger partial charge in [0.2, 0.25) is 0 Å². The largest absolute Gasteiger partial charge is 0.508 e. The van der Waals surface area contributed by atoms with Gasteiger partial charge in [-0.2, -0.15) is 0 Å². The summed E-state index contributed by atoms with van der Waals surface area (Å²) in [6.07, 6.45) is 16.6. The van der Waals surface area contributed by atoms with Crippen LogP contribution < -0.4 is 4.74 Å². The van der Waals surface area contributed by atoms with Crippen molar-refractivity contribution >= 4 is 0 Å². The summed E-state index contributed by atoms with van der Waals surface area (Å²) in [5.74, 6) is 1.28. The predicted molar refractivity (Wildman–Crippen MR) is 122 cm³/mol. The second-order valence-electron chi connectivity index (χ2n) is 8.70. The minimum Gasteiger partial charge on any atom is -0.508 e. The molecule has 1 N–H and O–H groups in total. The van der Waals surface area contributed by atoms with Gasteiger partial charge in [-0.3, -0.25) is 0 Å². The maximum absolute atomic E-state index is 9.22. The van der Waals surface area contributed by atoms with Gasteiger partial charge in [-0.05, 0) is 73.9 Å². The van der Waals surface area contributed by atoms with Crippen LogP contribution in [-0.4, -0.2) is 12.2 Å². The molecule has 2 aromatic carbocycles. The van der Waals surface area contributed by atoms with Crippen LogP contribution in [0.4, 0.5) is 0 Å². The van der Waals surface area contributed by atoms with Gasteiger partial charge < -0.3 is 9.84 Å². The SMILES string of the molecule is CC1(c2ccc(O)cc2)C=CCCC1.COc1ccc(C2(C)C=CCCC2)cc1. The van der Waals surface area contributed by atoms with Crippen LogP contribution in [0.3, 0.4) is 0 Å². The molecule has 2 heteroatoms. The molecule has 2 aromatic rings. The molecule has 0 bridgehead atoms. The van der Waals surface area contributed by atoms with Gasteiger partial charge >= 0.3 is 0 Å². The molecule has 0 saturated heterocycles. The Morgan fingerprint density at radius 3 is 1.55 bits per heavy atom. The van der Waals surface area contributed by atoms with E-state index in [0.29, 0.717) is 5.75 Å². The van der Waals surface area contributed by atoms with Gasteiger partial charge in [0.1, 0.15) is 11.5 Å². The van der Waals surface area contributed by atoms with Gasteiger partial charge in [-0.1, -0.05) is 62.4 Å². The topological polar surface area (TPSA) is 29.5 Å². The average Bonchev–Trinajstić information content (AvgIpc) is 2.76. The van der Waals surface area contributed by atoms with Crippen molar-refractivity contribution in [3.63, 3.8) is 0 Å². The molecule has 0 amide bonds. The second kappa shape index (κ2) is 9.35. The van der Waals surface area contributed by atoms with Gasteiger partial charge in [0.25, 0.3) is 0 Å². The zero-order valence-corrected chi connectivity index (χ0v) is 18.0. The molecule has 0 heterocycles. The number of aromatic hydroxyl groups is 1. The summed E-state index contributed by atoms with van der Waals surface area (Å²) in [5.41, 5.74) is 3.08. The molecule has 0 spiro atoms. The number of rotatable bonds is 3. The predicted octanol–water partition coefficient (Wildman–Crippen LogP) is 7.08. The maximum Gasteiger partial charge on any atom is 0.118 e. The first-order chi connectivity index (χ1) is 14.0. The first-order valence-electron chi connectivity index (χ1n) is 10.7. The molecule has 4 rings (SSSR count). The van der Waals surface area contributed by atoms with Crippen molar-refractivity contribution in [3.05, 3.63) is 84.0 Å². The van der Waals surface area contributed by atoms with Crippen molar-refractivity contribution in [1.82, 2.24) is 0 Å². The number of hydrogen-bond donors (Lipinski definition) is 1. The number of phenols is 1. The molecule has 2 unspecified atom stereocenters. The summed E-state index contributed by atoms with van der Waals surface area (Å²) in [7, 11) is 1.71.